The third-order valence-corrected chi connectivity index (χ3v) is 5.70. The molecule has 29 heavy (non-hydrogen) atoms. The molecule has 2 aliphatic rings. The number of aliphatic hydroxyl groups is 1. The summed E-state index contributed by atoms with van der Waals surface area (Å²) >= 11 is 3.58. The first-order valence-corrected chi connectivity index (χ1v) is 10.4. The molecule has 0 bridgehead atoms. The number of hydrogen-bond donors (Lipinski definition) is 3. The summed E-state index contributed by atoms with van der Waals surface area (Å²) in [5.41, 5.74) is 5.45. The Hall–Kier alpha value is -2.42. The molecule has 0 unspecified atom stereocenters. The number of nitrogens with zero attached hydrogens (tertiary/aromatic N) is 3. The number of nitrogens with one attached hydrogen (secondary N) is 1. The van der Waals surface area contributed by atoms with Crippen LogP contribution in [0.1, 0.15) is 28.8 Å². The number of aryl methyl sites for hydroxylation is 1. The number of para-hydroxylation sites is 1. The molecule has 3 N–H and O–H groups in total. The lowest BCUT2D eigenvalue weighted by Gasteiger charge is -2.14. The van der Waals surface area contributed by atoms with E-state index in [0.29, 0.717) is 36.7 Å². The van der Waals surface area contributed by atoms with Crippen LogP contribution in [0.15, 0.2) is 38.9 Å². The number of benzene rings is 1. The van der Waals surface area contributed by atoms with Gasteiger partial charge in [-0.3, -0.25) is 0 Å². The first-order valence-electron chi connectivity index (χ1n) is 9.56. The zero-order valence-electron chi connectivity index (χ0n) is 16.2. The van der Waals surface area contributed by atoms with Crippen LogP contribution in [0.3, 0.4) is 0 Å². The summed E-state index contributed by atoms with van der Waals surface area (Å²) in [6.07, 6.45) is 3.74. The van der Waals surface area contributed by atoms with Crippen molar-refractivity contribution in [3.05, 3.63) is 51.1 Å². The van der Waals surface area contributed by atoms with Gasteiger partial charge in [-0.15, -0.1) is 0 Å². The molecule has 0 radical (unpaired) electrons. The zero-order chi connectivity index (χ0) is 20.4. The van der Waals surface area contributed by atoms with Crippen molar-refractivity contribution in [2.24, 2.45) is 10.1 Å². The molecule has 8 heteroatoms. The number of H-pyrrole nitrogens is 1. The fourth-order valence-corrected chi connectivity index (χ4v) is 3.98. The van der Waals surface area contributed by atoms with Gasteiger partial charge in [0.25, 0.3) is 0 Å². The van der Waals surface area contributed by atoms with Crippen molar-refractivity contribution in [1.29, 1.82) is 0 Å². The third-order valence-electron chi connectivity index (χ3n) is 5.07. The fraction of sp³-hybridized carbons (Fsp3) is 0.333. The van der Waals surface area contributed by atoms with Gasteiger partial charge in [-0.25, -0.2) is 4.99 Å². The zero-order valence-corrected chi connectivity index (χ0v) is 17.7. The Labute approximate surface area is 177 Å². The summed E-state index contributed by atoms with van der Waals surface area (Å²) in [5.74, 6) is 0.0929. The summed E-state index contributed by atoms with van der Waals surface area (Å²) < 4.78 is 1.09. The number of rotatable bonds is 7. The number of halogens is 1. The van der Waals surface area contributed by atoms with Crippen molar-refractivity contribution >= 4 is 39.1 Å². The lowest BCUT2D eigenvalue weighted by Crippen LogP contribution is -2.26. The van der Waals surface area contributed by atoms with E-state index >= 15 is 0 Å². The Morgan fingerprint density at radius 1 is 1.28 bits per heavy atom. The summed E-state index contributed by atoms with van der Waals surface area (Å²) in [7, 11) is 1.92. The molecule has 0 amide bonds. The lowest BCUT2D eigenvalue weighted by molar-refractivity contribution is 0.112. The van der Waals surface area contributed by atoms with Crippen molar-refractivity contribution in [3.8, 4) is 5.88 Å². The first-order chi connectivity index (χ1) is 14.1. The van der Waals surface area contributed by atoms with E-state index < -0.39 is 0 Å². The second-order valence-corrected chi connectivity index (χ2v) is 8.13. The highest BCUT2D eigenvalue weighted by molar-refractivity contribution is 9.11. The number of oxime groups is 1. The predicted molar refractivity (Wildman–Crippen MR) is 117 cm³/mol. The molecule has 0 saturated carbocycles. The number of likely N-dealkylation sites (N-methyl/N-ethyl adjacent to an activating group) is 1. The van der Waals surface area contributed by atoms with Gasteiger partial charge >= 0.3 is 0 Å². The highest BCUT2D eigenvalue weighted by Gasteiger charge is 2.31. The van der Waals surface area contributed by atoms with E-state index in [1.165, 1.54) is 0 Å². The van der Waals surface area contributed by atoms with Crippen LogP contribution in [-0.4, -0.2) is 64.9 Å². The van der Waals surface area contributed by atoms with E-state index in [0.717, 1.165) is 39.8 Å². The van der Waals surface area contributed by atoms with Crippen LogP contribution >= 0.6 is 15.9 Å². The van der Waals surface area contributed by atoms with Gasteiger partial charge in [0.05, 0.1) is 17.9 Å². The molecule has 0 spiro atoms. The molecule has 2 aromatic rings. The molecule has 152 valence electrons. The topological polar surface area (TPSA) is 93.4 Å². The van der Waals surface area contributed by atoms with Crippen molar-refractivity contribution in [1.82, 2.24) is 9.88 Å². The summed E-state index contributed by atoms with van der Waals surface area (Å²) in [6.45, 7) is 1.72. The van der Waals surface area contributed by atoms with Gasteiger partial charge in [-0.2, -0.15) is 0 Å². The molecule has 7 nitrogen and oxygen atoms in total. The number of aromatic nitrogens is 1. The van der Waals surface area contributed by atoms with Crippen LogP contribution in [0, 0.1) is 0 Å². The average Bonchev–Trinajstić information content (AvgIpc) is 3.21. The van der Waals surface area contributed by atoms with Gasteiger partial charge in [0.1, 0.15) is 18.0 Å². The Balaban J connectivity index is 1.67. The number of aromatic hydroxyl groups is 1. The van der Waals surface area contributed by atoms with E-state index in [1.54, 1.807) is 0 Å². The lowest BCUT2D eigenvalue weighted by atomic mass is 9.96. The molecule has 1 aliphatic carbocycles. The Morgan fingerprint density at radius 3 is 2.93 bits per heavy atom. The molecule has 2 heterocycles. The second kappa shape index (κ2) is 8.52. The minimum absolute atomic E-state index is 0.0929. The Morgan fingerprint density at radius 2 is 2.10 bits per heavy atom. The van der Waals surface area contributed by atoms with Crippen LogP contribution in [0.5, 0.6) is 5.88 Å². The summed E-state index contributed by atoms with van der Waals surface area (Å²) in [5, 5.41) is 24.0. The Bertz CT molecular complexity index is 1010. The number of aromatic amines is 1. The van der Waals surface area contributed by atoms with Crippen molar-refractivity contribution in [2.45, 2.75) is 12.8 Å². The van der Waals surface area contributed by atoms with Crippen LogP contribution in [0.25, 0.3) is 6.08 Å². The number of allylic oxidation sites excluding steroid dienone is 1. The monoisotopic (exact) mass is 458 g/mol. The number of aliphatic imine (C=N–C) groups is 1. The molecule has 0 atom stereocenters. The standard InChI is InChI=1S/C21H23BrN4O3/c1-26(8-10-27)9-11-29-25-19-14-4-2-3-5-16(14)23-20(19)18-15-12-13(22)6-7-17(15)24-21(18)28/h2-5,12,24,27-28H,6-11H2,1H3/b25-19+. The number of fused-ring (bicyclic) bond motifs is 2. The summed E-state index contributed by atoms with van der Waals surface area (Å²) in [6, 6.07) is 7.74. The van der Waals surface area contributed by atoms with Crippen LogP contribution in [-0.2, 0) is 11.3 Å². The molecule has 0 fully saturated rings. The highest BCUT2D eigenvalue weighted by Crippen LogP contribution is 2.38. The molecular weight excluding hydrogens is 436 g/mol. The first kappa shape index (κ1) is 19.9. The van der Waals surface area contributed by atoms with Crippen LogP contribution in [0.2, 0.25) is 0 Å². The normalized spacial score (nSPS) is 16.6. The van der Waals surface area contributed by atoms with E-state index in [1.807, 2.05) is 42.3 Å². The number of aliphatic hydroxyl groups excluding tert-OH is 1. The highest BCUT2D eigenvalue weighted by atomic mass is 79.9. The predicted octanol–water partition coefficient (Wildman–Crippen LogP) is 3.18. The van der Waals surface area contributed by atoms with Crippen LogP contribution < -0.4 is 0 Å². The average molecular weight is 459 g/mol. The molecule has 4 rings (SSSR count). The smallest absolute Gasteiger partial charge is 0.198 e. The minimum atomic E-state index is 0.0929. The molecule has 1 aromatic carbocycles. The largest absolute Gasteiger partial charge is 0.494 e. The SMILES string of the molecule is CN(CCO)CCO/N=C1/C(c2c(O)[nH]c3c2C=C(Br)CC3)=Nc2ccccc21. The van der Waals surface area contributed by atoms with Gasteiger partial charge in [0.2, 0.25) is 0 Å². The maximum atomic E-state index is 10.6. The van der Waals surface area contributed by atoms with Crippen molar-refractivity contribution in [2.75, 3.05) is 33.4 Å². The van der Waals surface area contributed by atoms with Crippen molar-refractivity contribution < 1.29 is 15.1 Å². The van der Waals surface area contributed by atoms with Gasteiger partial charge in [-0.1, -0.05) is 39.3 Å². The maximum Gasteiger partial charge on any atom is 0.198 e. The van der Waals surface area contributed by atoms with Gasteiger partial charge < -0.3 is 24.9 Å². The van der Waals surface area contributed by atoms with Gasteiger partial charge in [-0.05, 0) is 36.5 Å². The Kier molecular flexibility index (Phi) is 5.84. The molecule has 1 aromatic heterocycles. The molecular formula is C21H23BrN4O3. The van der Waals surface area contributed by atoms with E-state index in [9.17, 15) is 5.11 Å². The summed E-state index contributed by atoms with van der Waals surface area (Å²) in [4.78, 5) is 15.4. The molecule has 1 aliphatic heterocycles. The molecule has 0 saturated heterocycles. The van der Waals surface area contributed by atoms with Crippen LogP contribution in [0.4, 0.5) is 5.69 Å². The van der Waals surface area contributed by atoms with E-state index in [2.05, 4.69) is 26.1 Å². The van der Waals surface area contributed by atoms with E-state index in [-0.39, 0.29) is 12.5 Å². The fourth-order valence-electron chi connectivity index (χ4n) is 3.55. The second-order valence-electron chi connectivity index (χ2n) is 7.11. The maximum absolute atomic E-state index is 10.6. The number of hydrogen-bond acceptors (Lipinski definition) is 6. The third kappa shape index (κ3) is 4.01. The van der Waals surface area contributed by atoms with Gasteiger partial charge in [0.15, 0.2) is 5.88 Å². The van der Waals surface area contributed by atoms with Crippen molar-refractivity contribution in [3.63, 3.8) is 0 Å². The van der Waals surface area contributed by atoms with E-state index in [4.69, 9.17) is 14.9 Å². The van der Waals surface area contributed by atoms with Gasteiger partial charge in [0, 0.05) is 29.9 Å². The quantitative estimate of drug-likeness (QED) is 0.438. The minimum Gasteiger partial charge on any atom is -0.494 e.